The molecule has 13 heteroatoms. The molecule has 1 saturated heterocycles. The minimum atomic E-state index is -0.440. The lowest BCUT2D eigenvalue weighted by atomic mass is 10.1. The summed E-state index contributed by atoms with van der Waals surface area (Å²) in [5, 5.41) is 3.24. The van der Waals surface area contributed by atoms with Crippen LogP contribution >= 0.6 is 11.6 Å². The van der Waals surface area contributed by atoms with Gasteiger partial charge in [0.05, 0.1) is 6.04 Å². The molecule has 6 rings (SSSR count). The second-order valence-corrected chi connectivity index (χ2v) is 10.5. The number of rotatable bonds is 8. The van der Waals surface area contributed by atoms with E-state index in [1.165, 1.54) is 0 Å². The zero-order chi connectivity index (χ0) is 29.6. The van der Waals surface area contributed by atoms with Crippen molar-refractivity contribution in [3.63, 3.8) is 0 Å². The normalized spacial score (nSPS) is 16.1. The predicted octanol–water partition coefficient (Wildman–Crippen LogP) is 3.62. The molecule has 2 aromatic carbocycles. The van der Waals surface area contributed by atoms with Crippen molar-refractivity contribution in [3.05, 3.63) is 89.6 Å². The van der Waals surface area contributed by atoms with Crippen molar-refractivity contribution in [1.82, 2.24) is 29.7 Å². The number of piperazine rings is 1. The summed E-state index contributed by atoms with van der Waals surface area (Å²) in [5.41, 5.74) is 1.78. The molecule has 222 valence electrons. The largest absolute Gasteiger partial charge is 0.486 e. The van der Waals surface area contributed by atoms with E-state index in [4.69, 9.17) is 30.8 Å². The Kier molecular flexibility index (Phi) is 8.55. The maximum Gasteiger partial charge on any atom is 0.410 e. The molecular weight excluding hydrogens is 574 g/mol. The molecule has 1 N–H and O–H groups in total. The van der Waals surface area contributed by atoms with Crippen LogP contribution in [0.3, 0.4) is 0 Å². The van der Waals surface area contributed by atoms with E-state index in [-0.39, 0.29) is 30.6 Å². The van der Waals surface area contributed by atoms with Crippen LogP contribution in [0.4, 0.5) is 10.6 Å². The number of benzene rings is 2. The van der Waals surface area contributed by atoms with Gasteiger partial charge < -0.3 is 29.3 Å². The summed E-state index contributed by atoms with van der Waals surface area (Å²) in [5.74, 6) is 2.07. The lowest BCUT2D eigenvalue weighted by Crippen LogP contribution is -2.56. The molecule has 1 unspecified atom stereocenters. The fourth-order valence-electron chi connectivity index (χ4n) is 5.03. The summed E-state index contributed by atoms with van der Waals surface area (Å²) in [7, 11) is 0. The van der Waals surface area contributed by atoms with Crippen molar-refractivity contribution in [2.75, 3.05) is 37.7 Å². The van der Waals surface area contributed by atoms with E-state index < -0.39 is 12.1 Å². The van der Waals surface area contributed by atoms with Crippen molar-refractivity contribution in [1.29, 1.82) is 0 Å². The zero-order valence-corrected chi connectivity index (χ0v) is 24.0. The topological polar surface area (TPSA) is 124 Å². The van der Waals surface area contributed by atoms with E-state index in [0.29, 0.717) is 56.1 Å². The van der Waals surface area contributed by atoms with Gasteiger partial charge in [0.2, 0.25) is 11.9 Å². The van der Waals surface area contributed by atoms with Gasteiger partial charge in [-0.1, -0.05) is 48.0 Å². The Morgan fingerprint density at radius 3 is 2.65 bits per heavy atom. The molecule has 0 bridgehead atoms. The van der Waals surface area contributed by atoms with Crippen LogP contribution in [0.5, 0.6) is 11.5 Å². The number of anilines is 1. The number of hydrogen-bond acceptors (Lipinski definition) is 9. The van der Waals surface area contributed by atoms with E-state index in [1.807, 2.05) is 53.4 Å². The van der Waals surface area contributed by atoms with Crippen LogP contribution in [0.25, 0.3) is 5.95 Å². The van der Waals surface area contributed by atoms with Crippen molar-refractivity contribution in [2.24, 2.45) is 0 Å². The number of fused-ring (bicyclic) bond motifs is 1. The molecule has 4 heterocycles. The average molecular weight is 604 g/mol. The number of halogens is 1. The van der Waals surface area contributed by atoms with Gasteiger partial charge in [-0.2, -0.15) is 4.98 Å². The molecule has 2 amide bonds. The SMILES string of the molecule is O=C(CC1CN(C(=O)OCc2ccccc2)CCN1c1cc(Cl)nc(-n2ccnc2)n1)NCc1ccc2c(c1)OCCO2. The number of aromatic nitrogens is 4. The van der Waals surface area contributed by atoms with Gasteiger partial charge in [-0.25, -0.2) is 14.8 Å². The molecule has 4 aromatic rings. The Bertz CT molecular complexity index is 1570. The lowest BCUT2D eigenvalue weighted by Gasteiger charge is -2.41. The standard InChI is InChI=1S/C30H30ClN7O5/c31-26-16-27(35-29(34-26)37-9-8-32-20-37)38-11-10-36(30(40)43-19-21-4-2-1-3-5-21)18-23(38)15-28(39)33-17-22-6-7-24-25(14-22)42-13-12-41-24/h1-9,14,16,20,23H,10-13,15,17-19H2,(H,33,39). The second-order valence-electron chi connectivity index (χ2n) is 10.1. The summed E-state index contributed by atoms with van der Waals surface area (Å²) in [4.78, 5) is 43.0. The molecular formula is C30H30ClN7O5. The Hall–Kier alpha value is -4.84. The van der Waals surface area contributed by atoms with Gasteiger partial charge in [-0.15, -0.1) is 0 Å². The molecule has 0 aliphatic carbocycles. The Morgan fingerprint density at radius 1 is 1.00 bits per heavy atom. The van der Waals surface area contributed by atoms with Gasteiger partial charge in [0.25, 0.3) is 0 Å². The summed E-state index contributed by atoms with van der Waals surface area (Å²) in [6.07, 6.45) is 4.59. The molecule has 0 radical (unpaired) electrons. The first-order chi connectivity index (χ1) is 21.0. The first-order valence-electron chi connectivity index (χ1n) is 13.9. The summed E-state index contributed by atoms with van der Waals surface area (Å²) in [6, 6.07) is 16.4. The Morgan fingerprint density at radius 2 is 1.84 bits per heavy atom. The first kappa shape index (κ1) is 28.3. The molecule has 43 heavy (non-hydrogen) atoms. The molecule has 1 atom stereocenters. The molecule has 2 aromatic heterocycles. The number of carbonyl (C=O) groups excluding carboxylic acids is 2. The highest BCUT2D eigenvalue weighted by atomic mass is 35.5. The van der Waals surface area contributed by atoms with E-state index in [9.17, 15) is 9.59 Å². The van der Waals surface area contributed by atoms with E-state index in [1.54, 1.807) is 34.3 Å². The van der Waals surface area contributed by atoms with Crippen LogP contribution in [0.1, 0.15) is 17.5 Å². The van der Waals surface area contributed by atoms with E-state index in [2.05, 4.69) is 15.3 Å². The van der Waals surface area contributed by atoms with Gasteiger partial charge in [-0.3, -0.25) is 9.36 Å². The highest BCUT2D eigenvalue weighted by molar-refractivity contribution is 6.29. The number of nitrogens with one attached hydrogen (secondary N) is 1. The van der Waals surface area contributed by atoms with Gasteiger partial charge >= 0.3 is 6.09 Å². The number of nitrogens with zero attached hydrogens (tertiary/aromatic N) is 6. The van der Waals surface area contributed by atoms with Gasteiger partial charge in [0, 0.05) is 51.1 Å². The van der Waals surface area contributed by atoms with Crippen LogP contribution in [-0.2, 0) is 22.7 Å². The maximum atomic E-state index is 13.3. The van der Waals surface area contributed by atoms with Crippen molar-refractivity contribution in [3.8, 4) is 17.4 Å². The fourth-order valence-corrected chi connectivity index (χ4v) is 5.20. The molecule has 2 aliphatic rings. The number of amides is 2. The third-order valence-electron chi connectivity index (χ3n) is 7.16. The minimum Gasteiger partial charge on any atom is -0.486 e. The lowest BCUT2D eigenvalue weighted by molar-refractivity contribution is -0.121. The monoisotopic (exact) mass is 603 g/mol. The van der Waals surface area contributed by atoms with Crippen LogP contribution in [0.15, 0.2) is 73.3 Å². The zero-order valence-electron chi connectivity index (χ0n) is 23.3. The van der Waals surface area contributed by atoms with E-state index >= 15 is 0 Å². The molecule has 0 spiro atoms. The van der Waals surface area contributed by atoms with Crippen molar-refractivity contribution < 1.29 is 23.8 Å². The fraction of sp³-hybridized carbons (Fsp3) is 0.300. The number of imidazole rings is 1. The van der Waals surface area contributed by atoms with E-state index in [0.717, 1.165) is 11.1 Å². The first-order valence-corrected chi connectivity index (χ1v) is 14.3. The van der Waals surface area contributed by atoms with Gasteiger partial charge in [0.15, 0.2) is 11.5 Å². The van der Waals surface area contributed by atoms with Crippen molar-refractivity contribution >= 4 is 29.4 Å². The van der Waals surface area contributed by atoms with Crippen molar-refractivity contribution in [2.45, 2.75) is 25.6 Å². The third-order valence-corrected chi connectivity index (χ3v) is 7.36. The third kappa shape index (κ3) is 6.97. The summed E-state index contributed by atoms with van der Waals surface area (Å²) >= 11 is 6.39. The second kappa shape index (κ2) is 13.0. The maximum absolute atomic E-state index is 13.3. The highest BCUT2D eigenvalue weighted by Crippen LogP contribution is 2.31. The molecule has 1 fully saturated rings. The quantitative estimate of drug-likeness (QED) is 0.301. The number of carbonyl (C=O) groups is 2. The minimum absolute atomic E-state index is 0.106. The van der Waals surface area contributed by atoms with Crippen LogP contribution < -0.4 is 19.7 Å². The molecule has 2 aliphatic heterocycles. The molecule has 0 saturated carbocycles. The Labute approximate surface area is 253 Å². The van der Waals surface area contributed by atoms with Crippen LogP contribution in [-0.4, -0.2) is 75.3 Å². The summed E-state index contributed by atoms with van der Waals surface area (Å²) < 4.78 is 18.5. The summed E-state index contributed by atoms with van der Waals surface area (Å²) in [6.45, 7) is 2.53. The highest BCUT2D eigenvalue weighted by Gasteiger charge is 2.33. The predicted molar refractivity (Wildman–Crippen MR) is 157 cm³/mol. The molecule has 12 nitrogen and oxygen atoms in total. The Balaban J connectivity index is 1.17. The van der Waals surface area contributed by atoms with Crippen LogP contribution in [0.2, 0.25) is 5.15 Å². The van der Waals surface area contributed by atoms with Gasteiger partial charge in [-0.05, 0) is 23.3 Å². The number of hydrogen-bond donors (Lipinski definition) is 1. The number of ether oxygens (including phenoxy) is 3. The van der Waals surface area contributed by atoms with Crippen LogP contribution in [0, 0.1) is 0 Å². The average Bonchev–Trinajstić information content (AvgIpc) is 3.58. The van der Waals surface area contributed by atoms with Gasteiger partial charge in [0.1, 0.15) is 37.1 Å². The smallest absolute Gasteiger partial charge is 0.410 e.